The summed E-state index contributed by atoms with van der Waals surface area (Å²) in [5.74, 6) is -0.0989. The summed E-state index contributed by atoms with van der Waals surface area (Å²) in [5, 5.41) is 12.1. The van der Waals surface area contributed by atoms with E-state index in [0.717, 1.165) is 0 Å². The second-order valence-electron chi connectivity index (χ2n) is 4.71. The Hall–Kier alpha value is -2.90. The first-order valence-electron chi connectivity index (χ1n) is 6.75. The van der Waals surface area contributed by atoms with Crippen molar-refractivity contribution in [2.75, 3.05) is 5.73 Å². The number of nitrogen functional groups attached to an aromatic ring is 1. The lowest BCUT2D eigenvalue weighted by molar-refractivity contribution is 0.301. The lowest BCUT2D eigenvalue weighted by Gasteiger charge is -2.06. The molecule has 0 fully saturated rings. The molecule has 0 amide bonds. The zero-order chi connectivity index (χ0) is 15.4. The smallest absolute Gasteiger partial charge is 0.145 e. The van der Waals surface area contributed by atoms with Gasteiger partial charge in [0.05, 0.1) is 25.0 Å². The highest BCUT2D eigenvalue weighted by Crippen LogP contribution is 2.22. The molecule has 8 heteroatoms. The van der Waals surface area contributed by atoms with Gasteiger partial charge >= 0.3 is 0 Å². The number of rotatable bonds is 6. The molecule has 7 nitrogen and oxygen atoms in total. The Bertz CT molecular complexity index is 740. The van der Waals surface area contributed by atoms with E-state index in [-0.39, 0.29) is 6.61 Å². The molecule has 2 heterocycles. The van der Waals surface area contributed by atoms with Crippen LogP contribution < -0.4 is 10.5 Å². The second-order valence-corrected chi connectivity index (χ2v) is 4.71. The number of nitrogens with two attached hydrogens (primary N) is 1. The molecule has 22 heavy (non-hydrogen) atoms. The fourth-order valence-corrected chi connectivity index (χ4v) is 1.94. The van der Waals surface area contributed by atoms with Gasteiger partial charge in [0.25, 0.3) is 0 Å². The standard InChI is InChI=1S/C14H15FN6O/c15-11-2-3-13(16)14(8-11)22-10-12-9-21(19-18-12)7-6-20-5-1-4-17-20/h1-5,8-9H,6-7,10,16H2. The van der Waals surface area contributed by atoms with Crippen LogP contribution in [0.25, 0.3) is 0 Å². The van der Waals surface area contributed by atoms with Crippen molar-refractivity contribution in [3.63, 3.8) is 0 Å². The van der Waals surface area contributed by atoms with Gasteiger partial charge in [0.1, 0.15) is 23.9 Å². The molecule has 0 aliphatic heterocycles. The molecule has 0 radical (unpaired) electrons. The molecule has 0 saturated heterocycles. The number of benzene rings is 1. The van der Waals surface area contributed by atoms with Gasteiger partial charge in [0, 0.05) is 18.5 Å². The summed E-state index contributed by atoms with van der Waals surface area (Å²) < 4.78 is 22.1. The number of hydrogen-bond acceptors (Lipinski definition) is 5. The third-order valence-corrected chi connectivity index (χ3v) is 3.05. The zero-order valence-electron chi connectivity index (χ0n) is 11.8. The first-order valence-corrected chi connectivity index (χ1v) is 6.75. The van der Waals surface area contributed by atoms with Crippen LogP contribution in [0.2, 0.25) is 0 Å². The van der Waals surface area contributed by atoms with Crippen molar-refractivity contribution in [3.05, 3.63) is 54.4 Å². The number of nitrogens with zero attached hydrogens (tertiary/aromatic N) is 5. The Morgan fingerprint density at radius 3 is 2.91 bits per heavy atom. The Kier molecular flexibility index (Phi) is 3.99. The van der Waals surface area contributed by atoms with E-state index >= 15 is 0 Å². The van der Waals surface area contributed by atoms with Crippen LogP contribution in [-0.4, -0.2) is 24.8 Å². The molecule has 0 bridgehead atoms. The Morgan fingerprint density at radius 2 is 2.09 bits per heavy atom. The fourth-order valence-electron chi connectivity index (χ4n) is 1.94. The molecular formula is C14H15FN6O. The first-order chi connectivity index (χ1) is 10.7. The van der Waals surface area contributed by atoms with Crippen molar-refractivity contribution in [2.24, 2.45) is 0 Å². The van der Waals surface area contributed by atoms with Gasteiger partial charge in [-0.2, -0.15) is 5.10 Å². The Labute approximate surface area is 126 Å². The predicted octanol–water partition coefficient (Wildman–Crippen LogP) is 1.48. The minimum atomic E-state index is -0.396. The van der Waals surface area contributed by atoms with Gasteiger partial charge in [-0.05, 0) is 18.2 Å². The number of ether oxygens (including phenoxy) is 1. The van der Waals surface area contributed by atoms with Gasteiger partial charge < -0.3 is 10.5 Å². The van der Waals surface area contributed by atoms with Gasteiger partial charge in [-0.15, -0.1) is 5.10 Å². The second kappa shape index (κ2) is 6.25. The van der Waals surface area contributed by atoms with Crippen LogP contribution in [-0.2, 0) is 19.7 Å². The fraction of sp³-hybridized carbons (Fsp3) is 0.214. The normalized spacial score (nSPS) is 10.8. The van der Waals surface area contributed by atoms with Crippen LogP contribution in [0, 0.1) is 5.82 Å². The molecule has 0 aliphatic rings. The molecule has 0 aliphatic carbocycles. The summed E-state index contributed by atoms with van der Waals surface area (Å²) in [5.41, 5.74) is 6.74. The van der Waals surface area contributed by atoms with Crippen LogP contribution in [0.1, 0.15) is 5.69 Å². The van der Waals surface area contributed by atoms with Gasteiger partial charge in [-0.1, -0.05) is 5.21 Å². The van der Waals surface area contributed by atoms with Crippen molar-refractivity contribution >= 4 is 5.69 Å². The number of halogens is 1. The van der Waals surface area contributed by atoms with E-state index in [1.165, 1.54) is 18.2 Å². The molecule has 2 N–H and O–H groups in total. The van der Waals surface area contributed by atoms with E-state index in [1.807, 2.05) is 16.9 Å². The topological polar surface area (TPSA) is 83.8 Å². The molecule has 3 aromatic rings. The van der Waals surface area contributed by atoms with Gasteiger partial charge in [0.2, 0.25) is 0 Å². The number of aromatic nitrogens is 5. The van der Waals surface area contributed by atoms with Crippen LogP contribution in [0.5, 0.6) is 5.75 Å². The van der Waals surface area contributed by atoms with Crippen LogP contribution >= 0.6 is 0 Å². The summed E-state index contributed by atoms with van der Waals surface area (Å²) in [6, 6.07) is 5.86. The summed E-state index contributed by atoms with van der Waals surface area (Å²) >= 11 is 0. The van der Waals surface area contributed by atoms with Crippen LogP contribution in [0.15, 0.2) is 42.9 Å². The molecular weight excluding hydrogens is 287 g/mol. The van der Waals surface area contributed by atoms with E-state index in [1.54, 1.807) is 17.1 Å². The first kappa shape index (κ1) is 14.1. The van der Waals surface area contributed by atoms with Crippen molar-refractivity contribution in [1.82, 2.24) is 24.8 Å². The summed E-state index contributed by atoms with van der Waals surface area (Å²) in [7, 11) is 0. The highest BCUT2D eigenvalue weighted by atomic mass is 19.1. The third-order valence-electron chi connectivity index (χ3n) is 3.05. The lowest BCUT2D eigenvalue weighted by Crippen LogP contribution is -2.08. The maximum atomic E-state index is 13.1. The van der Waals surface area contributed by atoms with Crippen LogP contribution in [0.4, 0.5) is 10.1 Å². The zero-order valence-corrected chi connectivity index (χ0v) is 11.8. The van der Waals surface area contributed by atoms with Crippen LogP contribution in [0.3, 0.4) is 0 Å². The molecule has 0 saturated carbocycles. The van der Waals surface area contributed by atoms with Crippen molar-refractivity contribution in [1.29, 1.82) is 0 Å². The highest BCUT2D eigenvalue weighted by molar-refractivity contribution is 5.52. The molecule has 114 valence electrons. The average Bonchev–Trinajstić information content (AvgIpc) is 3.17. The maximum absolute atomic E-state index is 13.1. The van der Waals surface area contributed by atoms with E-state index in [2.05, 4.69) is 15.4 Å². The molecule has 3 rings (SSSR count). The summed E-state index contributed by atoms with van der Waals surface area (Å²) in [6.07, 6.45) is 5.39. The Morgan fingerprint density at radius 1 is 1.23 bits per heavy atom. The number of hydrogen-bond donors (Lipinski definition) is 1. The monoisotopic (exact) mass is 302 g/mol. The minimum Gasteiger partial charge on any atom is -0.485 e. The third kappa shape index (κ3) is 3.40. The van der Waals surface area contributed by atoms with Crippen molar-refractivity contribution in [2.45, 2.75) is 19.7 Å². The predicted molar refractivity (Wildman–Crippen MR) is 77.4 cm³/mol. The minimum absolute atomic E-state index is 0.176. The molecule has 0 unspecified atom stereocenters. The van der Waals surface area contributed by atoms with E-state index in [0.29, 0.717) is 30.2 Å². The molecule has 1 aromatic carbocycles. The number of anilines is 1. The van der Waals surface area contributed by atoms with Crippen molar-refractivity contribution < 1.29 is 9.13 Å². The largest absolute Gasteiger partial charge is 0.485 e. The molecule has 2 aromatic heterocycles. The summed E-state index contributed by atoms with van der Waals surface area (Å²) in [4.78, 5) is 0. The van der Waals surface area contributed by atoms with Crippen molar-refractivity contribution in [3.8, 4) is 5.75 Å². The summed E-state index contributed by atoms with van der Waals surface area (Å²) in [6.45, 7) is 1.53. The molecule has 0 atom stereocenters. The quantitative estimate of drug-likeness (QED) is 0.697. The van der Waals surface area contributed by atoms with E-state index in [9.17, 15) is 4.39 Å². The highest BCUT2D eigenvalue weighted by Gasteiger charge is 2.06. The van der Waals surface area contributed by atoms with Gasteiger partial charge in [0.15, 0.2) is 0 Å². The van der Waals surface area contributed by atoms with Gasteiger partial charge in [-0.3, -0.25) is 9.36 Å². The lowest BCUT2D eigenvalue weighted by atomic mass is 10.3. The Balaban J connectivity index is 1.56. The van der Waals surface area contributed by atoms with E-state index < -0.39 is 5.82 Å². The maximum Gasteiger partial charge on any atom is 0.145 e. The van der Waals surface area contributed by atoms with E-state index in [4.69, 9.17) is 10.5 Å². The molecule has 0 spiro atoms. The van der Waals surface area contributed by atoms with Gasteiger partial charge in [-0.25, -0.2) is 4.39 Å². The SMILES string of the molecule is Nc1ccc(F)cc1OCc1cn(CCn2cccn2)nn1. The number of aryl methyl sites for hydroxylation is 2. The average molecular weight is 302 g/mol.